The van der Waals surface area contributed by atoms with Gasteiger partial charge in [0, 0.05) is 11.6 Å². The van der Waals surface area contributed by atoms with Crippen molar-refractivity contribution in [3.05, 3.63) is 35.1 Å². The van der Waals surface area contributed by atoms with Crippen LogP contribution in [0.1, 0.15) is 43.4 Å². The molecule has 0 aliphatic heterocycles. The van der Waals surface area contributed by atoms with Crippen LogP contribution in [-0.2, 0) is 0 Å². The van der Waals surface area contributed by atoms with Gasteiger partial charge in [-0.1, -0.05) is 38.0 Å². The van der Waals surface area contributed by atoms with Gasteiger partial charge in [0.15, 0.2) is 0 Å². The van der Waals surface area contributed by atoms with E-state index in [1.807, 2.05) is 32.2 Å². The third-order valence-corrected chi connectivity index (χ3v) is 2.79. The van der Waals surface area contributed by atoms with Crippen molar-refractivity contribution in [2.45, 2.75) is 39.2 Å². The minimum Gasteiger partial charge on any atom is -0.313 e. The molecule has 0 aliphatic carbocycles. The zero-order valence-electron chi connectivity index (χ0n) is 9.81. The Balaban J connectivity index is 2.86. The Morgan fingerprint density at radius 3 is 2.73 bits per heavy atom. The first-order valence-electron chi connectivity index (χ1n) is 5.63. The summed E-state index contributed by atoms with van der Waals surface area (Å²) in [4.78, 5) is 0. The van der Waals surface area contributed by atoms with E-state index in [0.717, 1.165) is 30.4 Å². The summed E-state index contributed by atoms with van der Waals surface area (Å²) in [6, 6.07) is 5.75. The molecule has 84 valence electrons. The number of halogens is 1. The Morgan fingerprint density at radius 2 is 2.13 bits per heavy atom. The van der Waals surface area contributed by atoms with E-state index in [2.05, 4.69) is 12.2 Å². The van der Waals surface area contributed by atoms with Gasteiger partial charge >= 0.3 is 0 Å². The fourth-order valence-electron chi connectivity index (χ4n) is 1.80. The van der Waals surface area contributed by atoms with Gasteiger partial charge in [0.1, 0.15) is 5.82 Å². The molecule has 1 rings (SSSR count). The Kier molecular flexibility index (Phi) is 4.76. The monoisotopic (exact) mass is 209 g/mol. The lowest BCUT2D eigenvalue weighted by Crippen LogP contribution is -2.18. The number of unbranched alkanes of at least 4 members (excludes halogenated alkanes) is 1. The van der Waals surface area contributed by atoms with Crippen molar-refractivity contribution in [1.82, 2.24) is 5.32 Å². The molecule has 0 aromatic heterocycles. The Hall–Kier alpha value is -0.890. The lowest BCUT2D eigenvalue weighted by Gasteiger charge is -2.17. The van der Waals surface area contributed by atoms with Gasteiger partial charge in [0.05, 0.1) is 0 Å². The number of aryl methyl sites for hydroxylation is 1. The standard InChI is InChI=1S/C13H20FN/c1-4-5-9-12(15-3)11-8-6-7-10(2)13(11)14/h6-8,12,15H,4-5,9H2,1-3H3. The van der Waals surface area contributed by atoms with Gasteiger partial charge in [-0.2, -0.15) is 0 Å². The summed E-state index contributed by atoms with van der Waals surface area (Å²) in [7, 11) is 1.89. The SMILES string of the molecule is CCCCC(NC)c1cccc(C)c1F. The predicted molar refractivity (Wildman–Crippen MR) is 62.5 cm³/mol. The zero-order valence-corrected chi connectivity index (χ0v) is 9.81. The van der Waals surface area contributed by atoms with Crippen LogP contribution in [0.3, 0.4) is 0 Å². The lowest BCUT2D eigenvalue weighted by atomic mass is 9.99. The molecule has 1 unspecified atom stereocenters. The van der Waals surface area contributed by atoms with Gasteiger partial charge in [-0.05, 0) is 26.0 Å². The first kappa shape index (κ1) is 12.2. The summed E-state index contributed by atoms with van der Waals surface area (Å²) >= 11 is 0. The van der Waals surface area contributed by atoms with E-state index in [1.54, 1.807) is 0 Å². The number of hydrogen-bond donors (Lipinski definition) is 1. The summed E-state index contributed by atoms with van der Waals surface area (Å²) in [6.45, 7) is 3.96. The van der Waals surface area contributed by atoms with Crippen LogP contribution in [0.15, 0.2) is 18.2 Å². The van der Waals surface area contributed by atoms with Gasteiger partial charge in [-0.25, -0.2) is 4.39 Å². The highest BCUT2D eigenvalue weighted by Crippen LogP contribution is 2.23. The maximum atomic E-state index is 13.8. The molecule has 0 saturated heterocycles. The summed E-state index contributed by atoms with van der Waals surface area (Å²) < 4.78 is 13.8. The molecule has 0 radical (unpaired) electrons. The summed E-state index contributed by atoms with van der Waals surface area (Å²) in [6.07, 6.45) is 3.26. The average Bonchev–Trinajstić information content (AvgIpc) is 2.25. The third-order valence-electron chi connectivity index (χ3n) is 2.79. The Labute approximate surface area is 91.7 Å². The van der Waals surface area contributed by atoms with Gasteiger partial charge in [-0.3, -0.25) is 0 Å². The van der Waals surface area contributed by atoms with Crippen molar-refractivity contribution in [3.8, 4) is 0 Å². The first-order chi connectivity index (χ1) is 7.20. The van der Waals surface area contributed by atoms with E-state index in [-0.39, 0.29) is 11.9 Å². The smallest absolute Gasteiger partial charge is 0.130 e. The van der Waals surface area contributed by atoms with Crippen molar-refractivity contribution < 1.29 is 4.39 Å². The molecular formula is C13H20FN. The highest BCUT2D eigenvalue weighted by atomic mass is 19.1. The molecular weight excluding hydrogens is 189 g/mol. The van der Waals surface area contributed by atoms with E-state index in [9.17, 15) is 4.39 Å². The van der Waals surface area contributed by atoms with Gasteiger partial charge in [0.25, 0.3) is 0 Å². The molecule has 1 aromatic carbocycles. The molecule has 1 nitrogen and oxygen atoms in total. The van der Waals surface area contributed by atoms with Crippen LogP contribution in [0.5, 0.6) is 0 Å². The molecule has 0 heterocycles. The topological polar surface area (TPSA) is 12.0 Å². The van der Waals surface area contributed by atoms with Gasteiger partial charge < -0.3 is 5.32 Å². The molecule has 1 atom stereocenters. The lowest BCUT2D eigenvalue weighted by molar-refractivity contribution is 0.489. The highest BCUT2D eigenvalue weighted by Gasteiger charge is 2.14. The van der Waals surface area contributed by atoms with E-state index >= 15 is 0 Å². The summed E-state index contributed by atoms with van der Waals surface area (Å²) in [5, 5.41) is 3.18. The van der Waals surface area contributed by atoms with Crippen LogP contribution in [0.4, 0.5) is 4.39 Å². The van der Waals surface area contributed by atoms with Gasteiger partial charge in [0.2, 0.25) is 0 Å². The molecule has 0 amide bonds. The maximum Gasteiger partial charge on any atom is 0.130 e. The van der Waals surface area contributed by atoms with E-state index in [4.69, 9.17) is 0 Å². The van der Waals surface area contributed by atoms with E-state index in [1.165, 1.54) is 0 Å². The van der Waals surface area contributed by atoms with E-state index < -0.39 is 0 Å². The molecule has 0 aliphatic rings. The minimum absolute atomic E-state index is 0.0621. The molecule has 0 bridgehead atoms. The van der Waals surface area contributed by atoms with Gasteiger partial charge in [-0.15, -0.1) is 0 Å². The Bertz CT molecular complexity index is 309. The van der Waals surface area contributed by atoms with Crippen LogP contribution in [0, 0.1) is 12.7 Å². The van der Waals surface area contributed by atoms with Crippen molar-refractivity contribution in [1.29, 1.82) is 0 Å². The number of benzene rings is 1. The van der Waals surface area contributed by atoms with Crippen LogP contribution >= 0.6 is 0 Å². The molecule has 0 saturated carbocycles. The second-order valence-electron chi connectivity index (χ2n) is 3.96. The van der Waals surface area contributed by atoms with Crippen LogP contribution in [0.2, 0.25) is 0 Å². The van der Waals surface area contributed by atoms with Crippen molar-refractivity contribution >= 4 is 0 Å². The van der Waals surface area contributed by atoms with Crippen molar-refractivity contribution in [3.63, 3.8) is 0 Å². The first-order valence-corrected chi connectivity index (χ1v) is 5.63. The molecule has 1 aromatic rings. The molecule has 0 fully saturated rings. The fraction of sp³-hybridized carbons (Fsp3) is 0.538. The summed E-state index contributed by atoms with van der Waals surface area (Å²) in [5.74, 6) is -0.0621. The number of hydrogen-bond acceptors (Lipinski definition) is 1. The quantitative estimate of drug-likeness (QED) is 0.781. The third kappa shape index (κ3) is 3.03. The van der Waals surface area contributed by atoms with Crippen LogP contribution in [-0.4, -0.2) is 7.05 Å². The number of nitrogens with one attached hydrogen (secondary N) is 1. The number of rotatable bonds is 5. The van der Waals surface area contributed by atoms with Crippen molar-refractivity contribution in [2.24, 2.45) is 0 Å². The largest absolute Gasteiger partial charge is 0.313 e. The normalized spacial score (nSPS) is 12.8. The van der Waals surface area contributed by atoms with E-state index in [0.29, 0.717) is 0 Å². The molecule has 1 N–H and O–H groups in total. The Morgan fingerprint density at radius 1 is 1.40 bits per heavy atom. The van der Waals surface area contributed by atoms with Crippen LogP contribution < -0.4 is 5.32 Å². The predicted octanol–water partition coefficient (Wildman–Crippen LogP) is 3.58. The molecule has 2 heteroatoms. The maximum absolute atomic E-state index is 13.8. The molecule has 0 spiro atoms. The van der Waals surface area contributed by atoms with Crippen LogP contribution in [0.25, 0.3) is 0 Å². The zero-order chi connectivity index (χ0) is 11.3. The second-order valence-corrected chi connectivity index (χ2v) is 3.96. The molecule has 15 heavy (non-hydrogen) atoms. The highest BCUT2D eigenvalue weighted by molar-refractivity contribution is 5.27. The minimum atomic E-state index is -0.0621. The fourth-order valence-corrected chi connectivity index (χ4v) is 1.80. The second kappa shape index (κ2) is 5.86. The average molecular weight is 209 g/mol. The summed E-state index contributed by atoms with van der Waals surface area (Å²) in [5.41, 5.74) is 1.52. The van der Waals surface area contributed by atoms with Crippen molar-refractivity contribution in [2.75, 3.05) is 7.05 Å².